The Morgan fingerprint density at radius 2 is 2.11 bits per heavy atom. The van der Waals surface area contributed by atoms with Gasteiger partial charge in [0.25, 0.3) is 0 Å². The third kappa shape index (κ3) is 2.73. The summed E-state index contributed by atoms with van der Waals surface area (Å²) in [7, 11) is 0. The summed E-state index contributed by atoms with van der Waals surface area (Å²) < 4.78 is 0. The monoisotopic (exact) mass is 242 g/mol. The van der Waals surface area contributed by atoms with Gasteiger partial charge in [-0.15, -0.1) is 0 Å². The Labute approximate surface area is 110 Å². The molecule has 18 heavy (non-hydrogen) atoms. The summed E-state index contributed by atoms with van der Waals surface area (Å²) in [5.41, 5.74) is 3.98. The van der Waals surface area contributed by atoms with E-state index in [2.05, 4.69) is 50.4 Å². The fraction of sp³-hybridized carbons (Fsp3) is 0.562. The van der Waals surface area contributed by atoms with Crippen LogP contribution in [0.1, 0.15) is 48.9 Å². The molecule has 96 valence electrons. The molecule has 1 aromatic rings. The van der Waals surface area contributed by atoms with Crippen molar-refractivity contribution < 1.29 is 0 Å². The van der Waals surface area contributed by atoms with E-state index in [1.807, 2.05) is 0 Å². The quantitative estimate of drug-likeness (QED) is 0.878. The van der Waals surface area contributed by atoms with Crippen molar-refractivity contribution in [1.82, 2.24) is 5.32 Å². The highest BCUT2D eigenvalue weighted by Crippen LogP contribution is 2.28. The topological polar surface area (TPSA) is 35.8 Å². The van der Waals surface area contributed by atoms with E-state index in [1.54, 1.807) is 0 Å². The van der Waals surface area contributed by atoms with Crippen LogP contribution in [0.15, 0.2) is 18.2 Å². The van der Waals surface area contributed by atoms with Crippen molar-refractivity contribution in [3.63, 3.8) is 0 Å². The predicted molar refractivity (Wildman–Crippen MR) is 74.2 cm³/mol. The molecule has 2 rings (SSSR count). The van der Waals surface area contributed by atoms with Gasteiger partial charge in [0.2, 0.25) is 0 Å². The average molecular weight is 242 g/mol. The van der Waals surface area contributed by atoms with Crippen LogP contribution in [0.4, 0.5) is 0 Å². The highest BCUT2D eigenvalue weighted by atomic mass is 15.0. The number of aryl methyl sites for hydroxylation is 2. The minimum atomic E-state index is 0.192. The standard InChI is InChI=1S/C16H22N2/c1-11-7-8-12(2)15(9-11)13(3)18-16-6-4-5-14(16)10-17/h7-9,13-14,16,18H,4-6H2,1-3H3. The van der Waals surface area contributed by atoms with Gasteiger partial charge < -0.3 is 5.32 Å². The van der Waals surface area contributed by atoms with Crippen molar-refractivity contribution >= 4 is 0 Å². The van der Waals surface area contributed by atoms with Crippen LogP contribution in [0.3, 0.4) is 0 Å². The largest absolute Gasteiger partial charge is 0.306 e. The summed E-state index contributed by atoms with van der Waals surface area (Å²) in [5, 5.41) is 12.8. The molecule has 0 amide bonds. The molecular formula is C16H22N2. The minimum absolute atomic E-state index is 0.192. The molecule has 3 atom stereocenters. The van der Waals surface area contributed by atoms with E-state index < -0.39 is 0 Å². The van der Waals surface area contributed by atoms with Gasteiger partial charge in [0.15, 0.2) is 0 Å². The Balaban J connectivity index is 2.10. The van der Waals surface area contributed by atoms with Gasteiger partial charge in [-0.05, 0) is 44.7 Å². The summed E-state index contributed by atoms with van der Waals surface area (Å²) in [6.07, 6.45) is 3.36. The Hall–Kier alpha value is -1.33. The van der Waals surface area contributed by atoms with Crippen molar-refractivity contribution in [1.29, 1.82) is 5.26 Å². The summed E-state index contributed by atoms with van der Waals surface area (Å²) in [5.74, 6) is 0.192. The van der Waals surface area contributed by atoms with Gasteiger partial charge in [0.05, 0.1) is 12.0 Å². The van der Waals surface area contributed by atoms with Gasteiger partial charge in [-0.1, -0.05) is 30.2 Å². The molecule has 0 bridgehead atoms. The van der Waals surface area contributed by atoms with E-state index in [0.29, 0.717) is 12.1 Å². The van der Waals surface area contributed by atoms with Gasteiger partial charge in [0, 0.05) is 12.1 Å². The highest BCUT2D eigenvalue weighted by Gasteiger charge is 2.28. The Bertz CT molecular complexity index is 459. The zero-order valence-corrected chi connectivity index (χ0v) is 11.5. The maximum Gasteiger partial charge on any atom is 0.0672 e. The Kier molecular flexibility index (Phi) is 4.04. The summed E-state index contributed by atoms with van der Waals surface area (Å²) in [6.45, 7) is 6.49. The van der Waals surface area contributed by atoms with E-state index >= 15 is 0 Å². The smallest absolute Gasteiger partial charge is 0.0672 e. The lowest BCUT2D eigenvalue weighted by molar-refractivity contribution is 0.416. The van der Waals surface area contributed by atoms with Crippen LogP contribution in [0.25, 0.3) is 0 Å². The maximum atomic E-state index is 9.13. The first-order valence-corrected chi connectivity index (χ1v) is 6.84. The molecule has 0 radical (unpaired) electrons. The normalized spacial score (nSPS) is 24.8. The summed E-state index contributed by atoms with van der Waals surface area (Å²) >= 11 is 0. The molecule has 2 heteroatoms. The van der Waals surface area contributed by atoms with E-state index in [-0.39, 0.29) is 5.92 Å². The molecule has 0 saturated heterocycles. The second-order valence-electron chi connectivity index (χ2n) is 5.52. The molecule has 1 aromatic carbocycles. The predicted octanol–water partition coefficient (Wildman–Crippen LogP) is 3.65. The summed E-state index contributed by atoms with van der Waals surface area (Å²) in [6, 6.07) is 9.71. The van der Waals surface area contributed by atoms with Gasteiger partial charge in [-0.25, -0.2) is 0 Å². The number of nitrogens with zero attached hydrogens (tertiary/aromatic N) is 1. The SMILES string of the molecule is Cc1ccc(C)c(C(C)NC2CCCC2C#N)c1. The molecule has 0 aromatic heterocycles. The van der Waals surface area contributed by atoms with Crippen molar-refractivity contribution in [2.24, 2.45) is 5.92 Å². The molecule has 1 fully saturated rings. The van der Waals surface area contributed by atoms with Gasteiger partial charge >= 0.3 is 0 Å². The number of hydrogen-bond donors (Lipinski definition) is 1. The van der Waals surface area contributed by atoms with Crippen LogP contribution in [-0.4, -0.2) is 6.04 Å². The first-order chi connectivity index (χ1) is 8.61. The van der Waals surface area contributed by atoms with Crippen LogP contribution >= 0.6 is 0 Å². The highest BCUT2D eigenvalue weighted by molar-refractivity contribution is 5.32. The molecule has 1 aliphatic carbocycles. The zero-order valence-electron chi connectivity index (χ0n) is 11.5. The van der Waals surface area contributed by atoms with Crippen LogP contribution in [0.5, 0.6) is 0 Å². The molecule has 2 nitrogen and oxygen atoms in total. The molecule has 3 unspecified atom stereocenters. The first kappa shape index (κ1) is 13.1. The lowest BCUT2D eigenvalue weighted by Gasteiger charge is -2.23. The van der Waals surface area contributed by atoms with Gasteiger partial charge in [-0.3, -0.25) is 0 Å². The molecule has 0 aliphatic heterocycles. The van der Waals surface area contributed by atoms with Crippen LogP contribution in [-0.2, 0) is 0 Å². The fourth-order valence-corrected chi connectivity index (χ4v) is 2.95. The second kappa shape index (κ2) is 5.54. The van der Waals surface area contributed by atoms with Crippen LogP contribution in [0, 0.1) is 31.1 Å². The molecule has 1 aliphatic rings. The number of nitrogens with one attached hydrogen (secondary N) is 1. The maximum absolute atomic E-state index is 9.13. The molecule has 1 N–H and O–H groups in total. The molecule has 0 spiro atoms. The fourth-order valence-electron chi connectivity index (χ4n) is 2.95. The van der Waals surface area contributed by atoms with E-state index in [1.165, 1.54) is 23.1 Å². The third-order valence-electron chi connectivity index (χ3n) is 4.05. The van der Waals surface area contributed by atoms with E-state index in [0.717, 1.165) is 12.8 Å². The van der Waals surface area contributed by atoms with E-state index in [9.17, 15) is 0 Å². The number of hydrogen-bond acceptors (Lipinski definition) is 2. The molecular weight excluding hydrogens is 220 g/mol. The molecule has 1 saturated carbocycles. The van der Waals surface area contributed by atoms with Crippen molar-refractivity contribution in [2.45, 2.75) is 52.1 Å². The van der Waals surface area contributed by atoms with Gasteiger partial charge in [-0.2, -0.15) is 5.26 Å². The number of rotatable bonds is 3. The zero-order chi connectivity index (χ0) is 13.1. The number of benzene rings is 1. The van der Waals surface area contributed by atoms with Crippen LogP contribution < -0.4 is 5.32 Å². The third-order valence-corrected chi connectivity index (χ3v) is 4.05. The minimum Gasteiger partial charge on any atom is -0.306 e. The van der Waals surface area contributed by atoms with E-state index in [4.69, 9.17) is 5.26 Å². The Morgan fingerprint density at radius 3 is 2.83 bits per heavy atom. The first-order valence-electron chi connectivity index (χ1n) is 6.84. The Morgan fingerprint density at radius 1 is 1.33 bits per heavy atom. The lowest BCUT2D eigenvalue weighted by Crippen LogP contribution is -2.34. The van der Waals surface area contributed by atoms with Crippen molar-refractivity contribution in [2.75, 3.05) is 0 Å². The summed E-state index contributed by atoms with van der Waals surface area (Å²) in [4.78, 5) is 0. The van der Waals surface area contributed by atoms with Crippen LogP contribution in [0.2, 0.25) is 0 Å². The lowest BCUT2D eigenvalue weighted by atomic mass is 9.97. The van der Waals surface area contributed by atoms with Gasteiger partial charge in [0.1, 0.15) is 0 Å². The second-order valence-corrected chi connectivity index (χ2v) is 5.52. The average Bonchev–Trinajstić information content (AvgIpc) is 2.79. The van der Waals surface area contributed by atoms with Crippen molar-refractivity contribution in [3.05, 3.63) is 34.9 Å². The molecule has 0 heterocycles. The number of nitriles is 1. The van der Waals surface area contributed by atoms with Crippen molar-refractivity contribution in [3.8, 4) is 6.07 Å².